The second kappa shape index (κ2) is 5.82. The maximum absolute atomic E-state index is 12.4. The summed E-state index contributed by atoms with van der Waals surface area (Å²) in [6.45, 7) is 2.63. The molecule has 0 spiro atoms. The number of carbonyl (C=O) groups excluding carboxylic acids is 2. The molecular weight excluding hydrogens is 327 g/mol. The van der Waals surface area contributed by atoms with Crippen LogP contribution >= 0.6 is 23.2 Å². The highest BCUT2D eigenvalue weighted by Crippen LogP contribution is 2.58. The fourth-order valence-electron chi connectivity index (χ4n) is 3.51. The van der Waals surface area contributed by atoms with E-state index in [4.69, 9.17) is 23.2 Å². The zero-order chi connectivity index (χ0) is 16.1. The summed E-state index contributed by atoms with van der Waals surface area (Å²) in [6.07, 6.45) is 1.77. The normalized spacial score (nSPS) is 37.6. The van der Waals surface area contributed by atoms with Crippen LogP contribution in [0.2, 0.25) is 0 Å². The fourth-order valence-corrected chi connectivity index (χ4v) is 4.22. The smallest absolute Gasteiger partial charge is 0.242 e. The van der Waals surface area contributed by atoms with E-state index in [0.29, 0.717) is 12.5 Å². The standard InChI is InChI=1S/C14H22Cl2N4O2/c1-7-9(14(7,15)16)5-18-13(22)11-4-8-3-10(8)20(11)12(21)6-19-17-2/h7-11,17,19H,3-6H2,1-2H3,(H,18,22)/t7?,8-,9?,10?,11+/m1/s1. The van der Waals surface area contributed by atoms with Crippen LogP contribution in [0.3, 0.4) is 0 Å². The minimum atomic E-state index is -0.725. The number of carbonyl (C=O) groups is 2. The summed E-state index contributed by atoms with van der Waals surface area (Å²) in [5.74, 6) is 0.627. The molecule has 1 aliphatic heterocycles. The molecule has 3 N–H and O–H groups in total. The van der Waals surface area contributed by atoms with Gasteiger partial charge in [0.15, 0.2) is 0 Å². The zero-order valence-corrected chi connectivity index (χ0v) is 14.2. The Hall–Kier alpha value is -0.560. The third-order valence-electron chi connectivity index (χ3n) is 5.20. The van der Waals surface area contributed by atoms with Crippen LogP contribution in [0.25, 0.3) is 0 Å². The summed E-state index contributed by atoms with van der Waals surface area (Å²) in [5.41, 5.74) is 5.52. The SMILES string of the molecule is CNNCC(=O)N1C2C[C@@H]2C[C@H]1C(=O)NCC1C(C)C1(Cl)Cl. The number of hydrogen-bond acceptors (Lipinski definition) is 4. The highest BCUT2D eigenvalue weighted by Gasteiger charge is 2.60. The first-order valence-electron chi connectivity index (χ1n) is 7.74. The molecule has 3 unspecified atom stereocenters. The van der Waals surface area contributed by atoms with Crippen molar-refractivity contribution in [3.63, 3.8) is 0 Å². The number of nitrogens with one attached hydrogen (secondary N) is 3. The van der Waals surface area contributed by atoms with Gasteiger partial charge < -0.3 is 10.2 Å². The Morgan fingerprint density at radius 1 is 1.32 bits per heavy atom. The average Bonchev–Trinajstić information content (AvgIpc) is 3.28. The summed E-state index contributed by atoms with van der Waals surface area (Å²) in [6, 6.07) is -0.120. The van der Waals surface area contributed by atoms with Crippen LogP contribution in [0.4, 0.5) is 0 Å². The van der Waals surface area contributed by atoms with Crippen molar-refractivity contribution in [2.45, 2.75) is 36.2 Å². The highest BCUT2D eigenvalue weighted by molar-refractivity contribution is 6.51. The summed E-state index contributed by atoms with van der Waals surface area (Å²) < 4.78 is -0.725. The van der Waals surface area contributed by atoms with Gasteiger partial charge in [-0.1, -0.05) is 6.92 Å². The minimum Gasteiger partial charge on any atom is -0.354 e. The van der Waals surface area contributed by atoms with Gasteiger partial charge in [0.05, 0.1) is 6.54 Å². The van der Waals surface area contributed by atoms with E-state index in [0.717, 1.165) is 12.8 Å². The Balaban J connectivity index is 1.54. The first-order valence-corrected chi connectivity index (χ1v) is 8.49. The molecule has 2 aliphatic carbocycles. The van der Waals surface area contributed by atoms with Crippen LogP contribution in [-0.2, 0) is 9.59 Å². The topological polar surface area (TPSA) is 73.5 Å². The largest absolute Gasteiger partial charge is 0.354 e. The fraction of sp³-hybridized carbons (Fsp3) is 0.857. The number of likely N-dealkylation sites (tertiary alicyclic amines) is 1. The van der Waals surface area contributed by atoms with E-state index in [1.165, 1.54) is 0 Å². The van der Waals surface area contributed by atoms with Gasteiger partial charge in [-0.2, -0.15) is 0 Å². The molecule has 0 radical (unpaired) electrons. The van der Waals surface area contributed by atoms with Crippen molar-refractivity contribution in [3.05, 3.63) is 0 Å². The monoisotopic (exact) mass is 348 g/mol. The van der Waals surface area contributed by atoms with Gasteiger partial charge in [0, 0.05) is 18.5 Å². The van der Waals surface area contributed by atoms with Crippen LogP contribution in [0.15, 0.2) is 0 Å². The van der Waals surface area contributed by atoms with Gasteiger partial charge in [0.1, 0.15) is 10.4 Å². The van der Waals surface area contributed by atoms with Crippen molar-refractivity contribution < 1.29 is 9.59 Å². The van der Waals surface area contributed by atoms with Crippen LogP contribution in [0, 0.1) is 17.8 Å². The van der Waals surface area contributed by atoms with E-state index in [-0.39, 0.29) is 42.3 Å². The lowest BCUT2D eigenvalue weighted by Crippen LogP contribution is -2.51. The van der Waals surface area contributed by atoms with Gasteiger partial charge >= 0.3 is 0 Å². The molecule has 22 heavy (non-hydrogen) atoms. The molecule has 124 valence electrons. The molecule has 0 aromatic carbocycles. The number of hydrazine groups is 1. The molecule has 6 nitrogen and oxygen atoms in total. The second-order valence-corrected chi connectivity index (χ2v) is 7.98. The molecule has 0 bridgehead atoms. The van der Waals surface area contributed by atoms with Gasteiger partial charge in [-0.25, -0.2) is 5.43 Å². The lowest BCUT2D eigenvalue weighted by molar-refractivity contribution is -0.139. The predicted molar refractivity (Wildman–Crippen MR) is 84.3 cm³/mol. The Labute approximate surface area is 140 Å². The number of alkyl halides is 2. The Morgan fingerprint density at radius 3 is 2.59 bits per heavy atom. The number of rotatable bonds is 6. The van der Waals surface area contributed by atoms with E-state index < -0.39 is 4.33 Å². The number of piperidine rings is 1. The molecule has 0 aromatic heterocycles. The lowest BCUT2D eigenvalue weighted by atomic mass is 10.1. The predicted octanol–water partition coefficient (Wildman–Crippen LogP) is 0.256. The molecule has 2 amide bonds. The third-order valence-corrected chi connectivity index (χ3v) is 6.45. The molecule has 3 rings (SSSR count). The Kier molecular flexibility index (Phi) is 4.31. The van der Waals surface area contributed by atoms with Crippen molar-refractivity contribution in [2.24, 2.45) is 17.8 Å². The van der Waals surface area contributed by atoms with Gasteiger partial charge in [-0.05, 0) is 31.7 Å². The van der Waals surface area contributed by atoms with Gasteiger partial charge in [0.25, 0.3) is 0 Å². The number of hydrogen-bond donors (Lipinski definition) is 3. The van der Waals surface area contributed by atoms with E-state index in [1.807, 2.05) is 6.92 Å². The van der Waals surface area contributed by atoms with E-state index in [2.05, 4.69) is 16.2 Å². The molecule has 3 fully saturated rings. The number of fused-ring (bicyclic) bond motifs is 1. The Morgan fingerprint density at radius 2 is 2.00 bits per heavy atom. The molecule has 8 heteroatoms. The quantitative estimate of drug-likeness (QED) is 0.475. The van der Waals surface area contributed by atoms with Gasteiger partial charge in [-0.3, -0.25) is 15.0 Å². The number of halogens is 2. The maximum Gasteiger partial charge on any atom is 0.242 e. The minimum absolute atomic E-state index is 0.0386. The molecule has 1 heterocycles. The van der Waals surface area contributed by atoms with Crippen LogP contribution in [-0.4, -0.2) is 53.3 Å². The molecular formula is C14H22Cl2N4O2. The van der Waals surface area contributed by atoms with Crippen LogP contribution < -0.4 is 16.2 Å². The van der Waals surface area contributed by atoms with Gasteiger partial charge in [-0.15, -0.1) is 23.2 Å². The molecule has 3 aliphatic rings. The second-order valence-electron chi connectivity index (χ2n) is 6.53. The van der Waals surface area contributed by atoms with E-state index in [9.17, 15) is 9.59 Å². The number of amides is 2. The lowest BCUT2D eigenvalue weighted by Gasteiger charge is -2.27. The van der Waals surface area contributed by atoms with Crippen LogP contribution in [0.1, 0.15) is 19.8 Å². The highest BCUT2D eigenvalue weighted by atomic mass is 35.5. The van der Waals surface area contributed by atoms with E-state index in [1.54, 1.807) is 11.9 Å². The first kappa shape index (κ1) is 16.3. The summed E-state index contributed by atoms with van der Waals surface area (Å²) in [4.78, 5) is 26.4. The maximum atomic E-state index is 12.4. The Bertz CT molecular complexity index is 487. The van der Waals surface area contributed by atoms with Crippen LogP contribution in [0.5, 0.6) is 0 Å². The molecule has 5 atom stereocenters. The molecule has 2 saturated carbocycles. The summed E-state index contributed by atoms with van der Waals surface area (Å²) >= 11 is 12.2. The van der Waals surface area contributed by atoms with Crippen molar-refractivity contribution in [1.82, 2.24) is 21.1 Å². The van der Waals surface area contributed by atoms with Crippen molar-refractivity contribution in [3.8, 4) is 0 Å². The van der Waals surface area contributed by atoms with Crippen molar-refractivity contribution >= 4 is 35.0 Å². The average molecular weight is 349 g/mol. The van der Waals surface area contributed by atoms with Crippen molar-refractivity contribution in [1.29, 1.82) is 0 Å². The zero-order valence-electron chi connectivity index (χ0n) is 12.7. The number of nitrogens with zero attached hydrogens (tertiary/aromatic N) is 1. The third kappa shape index (κ3) is 2.82. The van der Waals surface area contributed by atoms with Gasteiger partial charge in [0.2, 0.25) is 11.8 Å². The van der Waals surface area contributed by atoms with E-state index >= 15 is 0 Å². The van der Waals surface area contributed by atoms with Crippen molar-refractivity contribution in [2.75, 3.05) is 20.1 Å². The summed E-state index contributed by atoms with van der Waals surface area (Å²) in [7, 11) is 1.71. The summed E-state index contributed by atoms with van der Waals surface area (Å²) in [5, 5.41) is 2.92. The molecule has 0 aromatic rings. The first-order chi connectivity index (χ1) is 10.4. The molecule has 1 saturated heterocycles.